The van der Waals surface area contributed by atoms with Crippen molar-refractivity contribution in [2.24, 2.45) is 0 Å². The van der Waals surface area contributed by atoms with Crippen LogP contribution in [0.5, 0.6) is 0 Å². The average molecular weight is 369 g/mol. The third kappa shape index (κ3) is 3.88. The van der Waals surface area contributed by atoms with Gasteiger partial charge in [0.15, 0.2) is 0 Å². The molecule has 0 spiro atoms. The Balaban J connectivity index is 1.74. The number of benzene rings is 3. The van der Waals surface area contributed by atoms with Gasteiger partial charge in [-0.15, -0.1) is 0 Å². The van der Waals surface area contributed by atoms with E-state index in [-0.39, 0.29) is 5.78 Å². The van der Waals surface area contributed by atoms with Crippen LogP contribution >= 0.6 is 11.8 Å². The number of allylic oxidation sites excluding steroid dienone is 2. The van der Waals surface area contributed by atoms with Gasteiger partial charge in [-0.3, -0.25) is 4.79 Å². The molecular weight excluding hydrogens is 350 g/mol. The molecule has 4 rings (SSSR count). The SMILES string of the molecule is Cc1cccc(NC2=C(c3ccccc3)C(=O)/C(=C/c3ccccc3)S2)c1. The molecule has 0 saturated heterocycles. The molecule has 0 aliphatic carbocycles. The van der Waals surface area contributed by atoms with Gasteiger partial charge in [0, 0.05) is 5.69 Å². The van der Waals surface area contributed by atoms with Gasteiger partial charge in [0.1, 0.15) is 0 Å². The Bertz CT molecular complexity index is 1040. The fraction of sp³-hybridized carbons (Fsp3) is 0.0417. The second-order valence-corrected chi connectivity index (χ2v) is 7.47. The quantitative estimate of drug-likeness (QED) is 0.561. The summed E-state index contributed by atoms with van der Waals surface area (Å²) >= 11 is 1.50. The topological polar surface area (TPSA) is 29.1 Å². The molecule has 3 heteroatoms. The highest BCUT2D eigenvalue weighted by molar-refractivity contribution is 8.08. The molecule has 27 heavy (non-hydrogen) atoms. The second-order valence-electron chi connectivity index (χ2n) is 6.42. The number of anilines is 1. The molecule has 0 bridgehead atoms. The van der Waals surface area contributed by atoms with Crippen molar-refractivity contribution in [1.29, 1.82) is 0 Å². The second kappa shape index (κ2) is 7.68. The molecule has 2 nitrogen and oxygen atoms in total. The maximum Gasteiger partial charge on any atom is 0.203 e. The average Bonchev–Trinajstić information content (AvgIpc) is 2.98. The van der Waals surface area contributed by atoms with E-state index in [1.807, 2.05) is 78.9 Å². The zero-order valence-electron chi connectivity index (χ0n) is 15.0. The molecule has 0 atom stereocenters. The van der Waals surface area contributed by atoms with Gasteiger partial charge in [-0.2, -0.15) is 0 Å². The van der Waals surface area contributed by atoms with Gasteiger partial charge >= 0.3 is 0 Å². The first-order chi connectivity index (χ1) is 13.2. The third-order valence-electron chi connectivity index (χ3n) is 4.33. The van der Waals surface area contributed by atoms with Crippen molar-refractivity contribution >= 4 is 34.9 Å². The summed E-state index contributed by atoms with van der Waals surface area (Å²) in [6.07, 6.45) is 1.96. The summed E-state index contributed by atoms with van der Waals surface area (Å²) in [5, 5.41) is 4.33. The van der Waals surface area contributed by atoms with E-state index in [0.29, 0.717) is 0 Å². The molecule has 1 N–H and O–H groups in total. The Kier molecular flexibility index (Phi) is 4.95. The third-order valence-corrected chi connectivity index (χ3v) is 5.36. The lowest BCUT2D eigenvalue weighted by Gasteiger charge is -2.09. The Labute approximate surface area is 163 Å². The molecule has 0 saturated carbocycles. The minimum absolute atomic E-state index is 0.0604. The minimum Gasteiger partial charge on any atom is -0.349 e. The van der Waals surface area contributed by atoms with Crippen LogP contribution in [0.3, 0.4) is 0 Å². The van der Waals surface area contributed by atoms with Crippen molar-refractivity contribution in [3.63, 3.8) is 0 Å². The largest absolute Gasteiger partial charge is 0.349 e. The molecule has 0 unspecified atom stereocenters. The van der Waals surface area contributed by atoms with Crippen LogP contribution in [-0.4, -0.2) is 5.78 Å². The van der Waals surface area contributed by atoms with Crippen LogP contribution < -0.4 is 5.32 Å². The number of hydrogen-bond donors (Lipinski definition) is 1. The van der Waals surface area contributed by atoms with Crippen molar-refractivity contribution in [2.45, 2.75) is 6.92 Å². The zero-order chi connectivity index (χ0) is 18.6. The Morgan fingerprint density at radius 1 is 0.852 bits per heavy atom. The van der Waals surface area contributed by atoms with E-state index in [9.17, 15) is 4.79 Å². The summed E-state index contributed by atoms with van der Waals surface area (Å²) in [7, 11) is 0. The molecule has 0 radical (unpaired) electrons. The highest BCUT2D eigenvalue weighted by atomic mass is 32.2. The summed E-state index contributed by atoms with van der Waals surface area (Å²) in [6.45, 7) is 2.06. The first kappa shape index (κ1) is 17.4. The molecule has 1 heterocycles. The van der Waals surface area contributed by atoms with Crippen molar-refractivity contribution in [1.82, 2.24) is 0 Å². The highest BCUT2D eigenvalue weighted by Gasteiger charge is 2.30. The molecule has 3 aromatic carbocycles. The van der Waals surface area contributed by atoms with E-state index in [0.717, 1.165) is 32.3 Å². The number of hydrogen-bond acceptors (Lipinski definition) is 3. The molecule has 3 aromatic rings. The summed E-state index contributed by atoms with van der Waals surface area (Å²) in [6, 6.07) is 28.0. The van der Waals surface area contributed by atoms with Crippen LogP contribution in [-0.2, 0) is 4.79 Å². The number of carbonyl (C=O) groups is 1. The van der Waals surface area contributed by atoms with Crippen molar-refractivity contribution < 1.29 is 4.79 Å². The van der Waals surface area contributed by atoms with Crippen LogP contribution in [0.25, 0.3) is 11.6 Å². The maximum atomic E-state index is 13.2. The van der Waals surface area contributed by atoms with Crippen molar-refractivity contribution in [2.75, 3.05) is 5.32 Å². The number of thioether (sulfide) groups is 1. The van der Waals surface area contributed by atoms with Gasteiger partial charge in [-0.1, -0.05) is 84.6 Å². The lowest BCUT2D eigenvalue weighted by Crippen LogP contribution is -2.01. The summed E-state index contributed by atoms with van der Waals surface area (Å²) in [5.41, 5.74) is 4.85. The van der Waals surface area contributed by atoms with Gasteiger partial charge in [0.2, 0.25) is 5.78 Å². The zero-order valence-corrected chi connectivity index (χ0v) is 15.8. The molecule has 0 aromatic heterocycles. The van der Waals surface area contributed by atoms with Crippen LogP contribution in [0.2, 0.25) is 0 Å². The van der Waals surface area contributed by atoms with Crippen LogP contribution in [0.1, 0.15) is 16.7 Å². The predicted octanol–water partition coefficient (Wildman–Crippen LogP) is 6.13. The lowest BCUT2D eigenvalue weighted by molar-refractivity contribution is -0.109. The molecule has 0 fully saturated rings. The first-order valence-electron chi connectivity index (χ1n) is 8.83. The molecule has 0 amide bonds. The highest BCUT2D eigenvalue weighted by Crippen LogP contribution is 2.43. The van der Waals surface area contributed by atoms with Crippen LogP contribution in [0, 0.1) is 6.92 Å². The number of carbonyl (C=O) groups excluding carboxylic acids is 1. The van der Waals surface area contributed by atoms with E-state index < -0.39 is 0 Å². The molecule has 1 aliphatic rings. The van der Waals surface area contributed by atoms with E-state index in [2.05, 4.69) is 24.4 Å². The van der Waals surface area contributed by atoms with Gasteiger partial charge in [0.05, 0.1) is 15.5 Å². The minimum atomic E-state index is 0.0604. The summed E-state index contributed by atoms with van der Waals surface area (Å²) in [5.74, 6) is 0.0604. The van der Waals surface area contributed by atoms with E-state index in [4.69, 9.17) is 0 Å². The maximum absolute atomic E-state index is 13.2. The summed E-state index contributed by atoms with van der Waals surface area (Å²) in [4.78, 5) is 13.9. The first-order valence-corrected chi connectivity index (χ1v) is 9.65. The Morgan fingerprint density at radius 3 is 2.26 bits per heavy atom. The number of Topliss-reactive ketones (excluding diaryl/α,β-unsaturated/α-hetero) is 1. The normalized spacial score (nSPS) is 15.4. The fourth-order valence-corrected chi connectivity index (χ4v) is 4.13. The van der Waals surface area contributed by atoms with E-state index in [1.165, 1.54) is 17.3 Å². The van der Waals surface area contributed by atoms with Crippen molar-refractivity contribution in [3.05, 3.63) is 112 Å². The number of nitrogens with one attached hydrogen (secondary N) is 1. The van der Waals surface area contributed by atoms with E-state index >= 15 is 0 Å². The van der Waals surface area contributed by atoms with Gasteiger partial charge in [-0.05, 0) is 41.8 Å². The fourth-order valence-electron chi connectivity index (χ4n) is 3.04. The number of rotatable bonds is 4. The Hall–Kier alpha value is -3.04. The van der Waals surface area contributed by atoms with Gasteiger partial charge in [-0.25, -0.2) is 0 Å². The smallest absolute Gasteiger partial charge is 0.203 e. The molecule has 1 aliphatic heterocycles. The standard InChI is InChI=1S/C24H19NOS/c1-17-9-8-14-20(15-17)25-24-22(19-12-6-3-7-13-19)23(26)21(27-24)16-18-10-4-2-5-11-18/h2-16,25H,1H3/b21-16-. The van der Waals surface area contributed by atoms with Crippen molar-refractivity contribution in [3.8, 4) is 0 Å². The van der Waals surface area contributed by atoms with Gasteiger partial charge < -0.3 is 5.32 Å². The van der Waals surface area contributed by atoms with Crippen LogP contribution in [0.15, 0.2) is 94.9 Å². The van der Waals surface area contributed by atoms with E-state index in [1.54, 1.807) is 0 Å². The van der Waals surface area contributed by atoms with Crippen LogP contribution in [0.4, 0.5) is 5.69 Å². The molecule has 132 valence electrons. The number of aryl methyl sites for hydroxylation is 1. The summed E-state index contributed by atoms with van der Waals surface area (Å²) < 4.78 is 0. The van der Waals surface area contributed by atoms with Gasteiger partial charge in [0.25, 0.3) is 0 Å². The molecular formula is C24H19NOS. The monoisotopic (exact) mass is 369 g/mol. The predicted molar refractivity (Wildman–Crippen MR) is 115 cm³/mol. The number of ketones is 1. The Morgan fingerprint density at radius 2 is 1.56 bits per heavy atom. The lowest BCUT2D eigenvalue weighted by atomic mass is 10.0.